The Kier molecular flexibility index (Phi) is 2.89. The topological polar surface area (TPSA) is 41.1 Å². The van der Waals surface area contributed by atoms with Gasteiger partial charge in [0.1, 0.15) is 0 Å². The Morgan fingerprint density at radius 2 is 1.76 bits per heavy atom. The van der Waals surface area contributed by atoms with Crippen LogP contribution in [-0.4, -0.2) is 24.0 Å². The smallest absolute Gasteiger partial charge is 0.226 e. The van der Waals surface area contributed by atoms with Crippen LogP contribution in [0.3, 0.4) is 0 Å². The summed E-state index contributed by atoms with van der Waals surface area (Å²) < 4.78 is 0. The largest absolute Gasteiger partial charge is 0.353 e. The molecule has 0 aromatic heterocycles. The van der Waals surface area contributed by atoms with Crippen LogP contribution in [-0.2, 0) is 4.79 Å². The zero-order valence-corrected chi connectivity index (χ0v) is 10.8. The van der Waals surface area contributed by atoms with Crippen LogP contribution in [0.5, 0.6) is 0 Å². The maximum Gasteiger partial charge on any atom is 0.226 e. The summed E-state index contributed by atoms with van der Waals surface area (Å²) in [6.45, 7) is 2.14. The van der Waals surface area contributed by atoms with Crippen molar-refractivity contribution in [3.8, 4) is 0 Å². The monoisotopic (exact) mass is 236 g/mol. The van der Waals surface area contributed by atoms with E-state index in [0.717, 1.165) is 25.7 Å². The molecule has 3 nitrogen and oxygen atoms in total. The number of nitrogens with one attached hydrogen (secondary N) is 2. The molecule has 17 heavy (non-hydrogen) atoms. The lowest BCUT2D eigenvalue weighted by Gasteiger charge is -2.32. The second-order valence-corrected chi connectivity index (χ2v) is 6.55. The van der Waals surface area contributed by atoms with Gasteiger partial charge in [-0.15, -0.1) is 0 Å². The van der Waals surface area contributed by atoms with Gasteiger partial charge in [0.05, 0.1) is 0 Å². The molecule has 3 aliphatic rings. The van der Waals surface area contributed by atoms with Crippen LogP contribution in [0.4, 0.5) is 0 Å². The second kappa shape index (κ2) is 4.27. The summed E-state index contributed by atoms with van der Waals surface area (Å²) in [5, 5.41) is 6.94. The summed E-state index contributed by atoms with van der Waals surface area (Å²) in [4.78, 5) is 12.3. The zero-order chi connectivity index (χ0) is 11.9. The molecule has 2 N–H and O–H groups in total. The molecule has 3 heteroatoms. The Morgan fingerprint density at radius 1 is 1.18 bits per heavy atom. The third kappa shape index (κ3) is 2.22. The Hall–Kier alpha value is -0.570. The fraction of sp³-hybridized carbons (Fsp3) is 0.929. The Labute approximate surface area is 104 Å². The molecule has 0 aromatic carbocycles. The fourth-order valence-corrected chi connectivity index (χ4v) is 3.92. The number of fused-ring (bicyclic) bond motifs is 2. The van der Waals surface area contributed by atoms with Gasteiger partial charge in [0.15, 0.2) is 0 Å². The van der Waals surface area contributed by atoms with E-state index in [1.807, 2.05) is 0 Å². The van der Waals surface area contributed by atoms with Gasteiger partial charge in [-0.25, -0.2) is 0 Å². The zero-order valence-electron chi connectivity index (χ0n) is 10.8. The highest BCUT2D eigenvalue weighted by molar-refractivity contribution is 5.82. The predicted octanol–water partition coefficient (Wildman–Crippen LogP) is 1.97. The van der Waals surface area contributed by atoms with E-state index in [1.165, 1.54) is 25.7 Å². The van der Waals surface area contributed by atoms with E-state index in [1.54, 1.807) is 0 Å². The second-order valence-electron chi connectivity index (χ2n) is 6.55. The van der Waals surface area contributed by atoms with Crippen LogP contribution in [0.1, 0.15) is 58.3 Å². The van der Waals surface area contributed by atoms with Crippen LogP contribution in [0.25, 0.3) is 0 Å². The number of piperidine rings is 1. The summed E-state index contributed by atoms with van der Waals surface area (Å²) in [7, 11) is 0. The van der Waals surface area contributed by atoms with Crippen LogP contribution in [0.15, 0.2) is 0 Å². The van der Waals surface area contributed by atoms with Crippen LogP contribution in [0.2, 0.25) is 0 Å². The van der Waals surface area contributed by atoms with Gasteiger partial charge >= 0.3 is 0 Å². The van der Waals surface area contributed by atoms with Crippen molar-refractivity contribution in [3.05, 3.63) is 0 Å². The van der Waals surface area contributed by atoms with Crippen molar-refractivity contribution in [1.82, 2.24) is 10.6 Å². The predicted molar refractivity (Wildman–Crippen MR) is 67.7 cm³/mol. The maximum atomic E-state index is 12.3. The van der Waals surface area contributed by atoms with Crippen molar-refractivity contribution in [2.75, 3.05) is 0 Å². The van der Waals surface area contributed by atoms with Crippen molar-refractivity contribution in [2.24, 2.45) is 5.41 Å². The van der Waals surface area contributed by atoms with Crippen LogP contribution in [0, 0.1) is 5.41 Å². The summed E-state index contributed by atoms with van der Waals surface area (Å²) >= 11 is 0. The molecule has 2 aliphatic heterocycles. The van der Waals surface area contributed by atoms with Gasteiger partial charge in [-0.2, -0.15) is 0 Å². The number of carbonyl (C=O) groups is 1. The van der Waals surface area contributed by atoms with Crippen LogP contribution >= 0.6 is 0 Å². The highest BCUT2D eigenvalue weighted by atomic mass is 16.2. The molecule has 2 bridgehead atoms. The van der Waals surface area contributed by atoms with Gasteiger partial charge in [-0.3, -0.25) is 4.79 Å². The minimum Gasteiger partial charge on any atom is -0.353 e. The molecule has 2 heterocycles. The molecule has 1 saturated carbocycles. The highest BCUT2D eigenvalue weighted by Crippen LogP contribution is 2.38. The highest BCUT2D eigenvalue weighted by Gasteiger charge is 2.39. The first kappa shape index (κ1) is 11.5. The molecule has 0 radical (unpaired) electrons. The third-order valence-corrected chi connectivity index (χ3v) is 5.06. The Balaban J connectivity index is 1.58. The molecule has 3 fully saturated rings. The molecule has 96 valence electrons. The molecule has 0 aromatic rings. The molecule has 3 rings (SSSR count). The molecule has 1 amide bonds. The van der Waals surface area contributed by atoms with Gasteiger partial charge in [-0.05, 0) is 38.5 Å². The van der Waals surface area contributed by atoms with Crippen molar-refractivity contribution in [1.29, 1.82) is 0 Å². The van der Waals surface area contributed by atoms with E-state index >= 15 is 0 Å². The number of hydrogen-bond donors (Lipinski definition) is 2. The Bertz CT molecular complexity index is 297. The van der Waals surface area contributed by atoms with E-state index in [4.69, 9.17) is 0 Å². The molecule has 2 saturated heterocycles. The standard InChI is InChI=1S/C14H24N2O/c1-14(6-2-3-7-14)13(17)16-12-8-10-4-5-11(9-12)15-10/h10-12,15H,2-9H2,1H3,(H,16,17). The van der Waals surface area contributed by atoms with E-state index in [9.17, 15) is 4.79 Å². The van der Waals surface area contributed by atoms with Crippen molar-refractivity contribution in [2.45, 2.75) is 76.4 Å². The summed E-state index contributed by atoms with van der Waals surface area (Å²) in [5.41, 5.74) is -0.0656. The Morgan fingerprint density at radius 3 is 2.35 bits per heavy atom. The third-order valence-electron chi connectivity index (χ3n) is 5.06. The molecular formula is C14H24N2O. The lowest BCUT2D eigenvalue weighted by Crippen LogP contribution is -2.50. The van der Waals surface area contributed by atoms with Crippen molar-refractivity contribution >= 4 is 5.91 Å². The summed E-state index contributed by atoms with van der Waals surface area (Å²) in [5.74, 6) is 0.321. The molecular weight excluding hydrogens is 212 g/mol. The van der Waals surface area contributed by atoms with Gasteiger partial charge in [0, 0.05) is 23.5 Å². The SMILES string of the molecule is CC1(C(=O)NC2CC3CCC(C2)N3)CCCC1. The minimum atomic E-state index is -0.0656. The average Bonchev–Trinajstić information content (AvgIpc) is 2.87. The van der Waals surface area contributed by atoms with Crippen molar-refractivity contribution in [3.63, 3.8) is 0 Å². The van der Waals surface area contributed by atoms with Gasteiger partial charge in [-0.1, -0.05) is 19.8 Å². The summed E-state index contributed by atoms with van der Waals surface area (Å²) in [6.07, 6.45) is 9.48. The summed E-state index contributed by atoms with van der Waals surface area (Å²) in [6, 6.07) is 1.75. The van der Waals surface area contributed by atoms with E-state index in [-0.39, 0.29) is 5.41 Å². The number of rotatable bonds is 2. The minimum absolute atomic E-state index is 0.0656. The van der Waals surface area contributed by atoms with E-state index in [2.05, 4.69) is 17.6 Å². The first-order chi connectivity index (χ1) is 8.16. The first-order valence-electron chi connectivity index (χ1n) is 7.23. The molecule has 1 aliphatic carbocycles. The van der Waals surface area contributed by atoms with E-state index < -0.39 is 0 Å². The van der Waals surface area contributed by atoms with Crippen LogP contribution < -0.4 is 10.6 Å². The maximum absolute atomic E-state index is 12.3. The van der Waals surface area contributed by atoms with Gasteiger partial charge in [0.25, 0.3) is 0 Å². The molecule has 0 spiro atoms. The molecule has 2 unspecified atom stereocenters. The first-order valence-corrected chi connectivity index (χ1v) is 7.23. The van der Waals surface area contributed by atoms with Gasteiger partial charge < -0.3 is 10.6 Å². The quantitative estimate of drug-likeness (QED) is 0.769. The molecule has 2 atom stereocenters. The number of amides is 1. The normalized spacial score (nSPS) is 39.2. The average molecular weight is 236 g/mol. The van der Waals surface area contributed by atoms with Gasteiger partial charge in [0.2, 0.25) is 5.91 Å². The van der Waals surface area contributed by atoms with Crippen molar-refractivity contribution < 1.29 is 4.79 Å². The van der Waals surface area contributed by atoms with E-state index in [0.29, 0.717) is 24.0 Å². The lowest BCUT2D eigenvalue weighted by molar-refractivity contribution is -0.130. The number of carbonyl (C=O) groups excluding carboxylic acids is 1. The fourth-order valence-electron chi connectivity index (χ4n) is 3.92. The number of hydrogen-bond acceptors (Lipinski definition) is 2. The lowest BCUT2D eigenvalue weighted by atomic mass is 9.87.